The third-order valence-electron chi connectivity index (χ3n) is 4.08. The normalized spacial score (nSPS) is 15.8. The van der Waals surface area contributed by atoms with E-state index in [1.54, 1.807) is 0 Å². The Morgan fingerprint density at radius 1 is 1.30 bits per heavy atom. The van der Waals surface area contributed by atoms with Crippen molar-refractivity contribution in [1.82, 2.24) is 10.2 Å². The lowest BCUT2D eigenvalue weighted by Crippen LogP contribution is -2.39. The maximum atomic E-state index is 12.5. The molecule has 20 heavy (non-hydrogen) atoms. The first-order valence-electron chi connectivity index (χ1n) is 7.22. The zero-order valence-electron chi connectivity index (χ0n) is 12.4. The number of aryl methyl sites for hydroxylation is 1. The summed E-state index contributed by atoms with van der Waals surface area (Å²) in [5.41, 5.74) is 1.93. The summed E-state index contributed by atoms with van der Waals surface area (Å²) in [5.74, 6) is 0.971. The second-order valence-corrected chi connectivity index (χ2v) is 5.44. The molecule has 1 heterocycles. The maximum Gasteiger partial charge on any atom is 0.254 e. The quantitative estimate of drug-likeness (QED) is 0.926. The molecule has 112 valence electrons. The molecular formula is C16H25ClN2O. The number of hydrogen-bond acceptors (Lipinski definition) is 2. The van der Waals surface area contributed by atoms with E-state index in [0.29, 0.717) is 0 Å². The monoisotopic (exact) mass is 296 g/mol. The van der Waals surface area contributed by atoms with Crippen LogP contribution in [-0.2, 0) is 0 Å². The minimum atomic E-state index is 0. The van der Waals surface area contributed by atoms with Gasteiger partial charge in [-0.3, -0.25) is 4.79 Å². The van der Waals surface area contributed by atoms with Crippen molar-refractivity contribution in [2.24, 2.45) is 5.92 Å². The van der Waals surface area contributed by atoms with Crippen molar-refractivity contribution < 1.29 is 4.79 Å². The number of amides is 1. The highest BCUT2D eigenvalue weighted by atomic mass is 35.5. The van der Waals surface area contributed by atoms with Crippen LogP contribution >= 0.6 is 12.4 Å². The van der Waals surface area contributed by atoms with Crippen LogP contribution in [0.5, 0.6) is 0 Å². The van der Waals surface area contributed by atoms with E-state index in [0.717, 1.165) is 49.5 Å². The van der Waals surface area contributed by atoms with Gasteiger partial charge in [-0.15, -0.1) is 12.4 Å². The lowest BCUT2D eigenvalue weighted by Gasteiger charge is -2.32. The summed E-state index contributed by atoms with van der Waals surface area (Å²) in [4.78, 5) is 14.5. The van der Waals surface area contributed by atoms with Crippen molar-refractivity contribution in [2.45, 2.75) is 26.2 Å². The first kappa shape index (κ1) is 17.0. The molecule has 0 radical (unpaired) electrons. The molecule has 1 N–H and O–H groups in total. The van der Waals surface area contributed by atoms with Crippen LogP contribution in [0.25, 0.3) is 0 Å². The molecule has 4 heteroatoms. The zero-order valence-corrected chi connectivity index (χ0v) is 13.2. The highest BCUT2D eigenvalue weighted by Gasteiger charge is 2.23. The van der Waals surface area contributed by atoms with Crippen LogP contribution < -0.4 is 5.32 Å². The van der Waals surface area contributed by atoms with Gasteiger partial charge >= 0.3 is 0 Å². The van der Waals surface area contributed by atoms with Gasteiger partial charge in [0.1, 0.15) is 0 Å². The summed E-state index contributed by atoms with van der Waals surface area (Å²) < 4.78 is 0. The topological polar surface area (TPSA) is 32.3 Å². The Kier molecular flexibility index (Phi) is 7.03. The highest BCUT2D eigenvalue weighted by Crippen LogP contribution is 2.22. The Morgan fingerprint density at radius 3 is 2.55 bits per heavy atom. The Balaban J connectivity index is 0.00000200. The standard InChI is InChI=1S/C16H24N2O.ClH/c1-13-5-3-4-6-15(13)16(19)18-11-8-14(9-12-18)7-10-17-2;/h3-6,14,17H,7-12H2,1-2H3;1H. The van der Waals surface area contributed by atoms with Crippen LogP contribution in [0.4, 0.5) is 0 Å². The predicted octanol–water partition coefficient (Wildman–Crippen LogP) is 2.88. The van der Waals surface area contributed by atoms with E-state index in [9.17, 15) is 4.79 Å². The smallest absolute Gasteiger partial charge is 0.254 e. The summed E-state index contributed by atoms with van der Waals surface area (Å²) in [6, 6.07) is 7.87. The fourth-order valence-electron chi connectivity index (χ4n) is 2.76. The molecule has 1 fully saturated rings. The van der Waals surface area contributed by atoms with Crippen molar-refractivity contribution >= 4 is 18.3 Å². The first-order valence-corrected chi connectivity index (χ1v) is 7.22. The van der Waals surface area contributed by atoms with E-state index in [-0.39, 0.29) is 18.3 Å². The van der Waals surface area contributed by atoms with Crippen molar-refractivity contribution in [3.05, 3.63) is 35.4 Å². The highest BCUT2D eigenvalue weighted by molar-refractivity contribution is 5.95. The molecule has 1 amide bonds. The van der Waals surface area contributed by atoms with E-state index in [1.807, 2.05) is 43.1 Å². The third kappa shape index (κ3) is 4.22. The molecule has 0 aromatic heterocycles. The summed E-state index contributed by atoms with van der Waals surface area (Å²) in [6.45, 7) is 4.90. The molecule has 3 nitrogen and oxygen atoms in total. The molecule has 1 aromatic rings. The van der Waals surface area contributed by atoms with Gasteiger partial charge in [0.2, 0.25) is 0 Å². The molecule has 0 bridgehead atoms. The molecule has 1 saturated heterocycles. The van der Waals surface area contributed by atoms with Gasteiger partial charge in [-0.25, -0.2) is 0 Å². The molecule has 0 saturated carbocycles. The fraction of sp³-hybridized carbons (Fsp3) is 0.562. The lowest BCUT2D eigenvalue weighted by molar-refractivity contribution is 0.0686. The molecule has 2 rings (SSSR count). The molecule has 1 aliphatic rings. The number of benzene rings is 1. The van der Waals surface area contributed by atoms with E-state index >= 15 is 0 Å². The van der Waals surface area contributed by atoms with Crippen LogP contribution in [0.2, 0.25) is 0 Å². The number of piperidine rings is 1. The number of nitrogens with zero attached hydrogens (tertiary/aromatic N) is 1. The van der Waals surface area contributed by atoms with Crippen LogP contribution in [0, 0.1) is 12.8 Å². The molecular weight excluding hydrogens is 272 g/mol. The summed E-state index contributed by atoms with van der Waals surface area (Å²) in [7, 11) is 2.00. The van der Waals surface area contributed by atoms with Gasteiger partial charge in [0.05, 0.1) is 0 Å². The fourth-order valence-corrected chi connectivity index (χ4v) is 2.76. The summed E-state index contributed by atoms with van der Waals surface area (Å²) in [6.07, 6.45) is 3.50. The number of rotatable bonds is 4. The third-order valence-corrected chi connectivity index (χ3v) is 4.08. The van der Waals surface area contributed by atoms with E-state index in [1.165, 1.54) is 6.42 Å². The van der Waals surface area contributed by atoms with E-state index < -0.39 is 0 Å². The van der Waals surface area contributed by atoms with E-state index in [4.69, 9.17) is 0 Å². The second-order valence-electron chi connectivity index (χ2n) is 5.44. The van der Waals surface area contributed by atoms with Gasteiger partial charge in [-0.05, 0) is 57.3 Å². The number of likely N-dealkylation sites (tertiary alicyclic amines) is 1. The predicted molar refractivity (Wildman–Crippen MR) is 85.6 cm³/mol. The van der Waals surface area contributed by atoms with Crippen LogP contribution in [0.15, 0.2) is 24.3 Å². The average Bonchev–Trinajstić information content (AvgIpc) is 2.45. The second kappa shape index (κ2) is 8.28. The summed E-state index contributed by atoms with van der Waals surface area (Å²) >= 11 is 0. The van der Waals surface area contributed by atoms with Crippen LogP contribution in [-0.4, -0.2) is 37.5 Å². The largest absolute Gasteiger partial charge is 0.339 e. The number of carbonyl (C=O) groups excluding carboxylic acids is 1. The van der Waals surface area contributed by atoms with Gasteiger partial charge in [0.15, 0.2) is 0 Å². The van der Waals surface area contributed by atoms with E-state index in [2.05, 4.69) is 5.32 Å². The SMILES string of the molecule is CNCCC1CCN(C(=O)c2ccccc2C)CC1.Cl. The van der Waals surface area contributed by atoms with Crippen molar-refractivity contribution in [3.8, 4) is 0 Å². The number of carbonyl (C=O) groups is 1. The number of halogens is 1. The molecule has 0 aliphatic carbocycles. The average molecular weight is 297 g/mol. The summed E-state index contributed by atoms with van der Waals surface area (Å²) in [5, 5.41) is 3.20. The lowest BCUT2D eigenvalue weighted by atomic mass is 9.93. The van der Waals surface area contributed by atoms with Crippen LogP contribution in [0.1, 0.15) is 35.2 Å². The van der Waals surface area contributed by atoms with Gasteiger partial charge in [0.25, 0.3) is 5.91 Å². The molecule has 1 aromatic carbocycles. The molecule has 0 spiro atoms. The molecule has 1 aliphatic heterocycles. The Morgan fingerprint density at radius 2 is 1.95 bits per heavy atom. The van der Waals surface area contributed by atoms with Crippen LogP contribution in [0.3, 0.4) is 0 Å². The van der Waals surface area contributed by atoms with Gasteiger partial charge in [0, 0.05) is 18.7 Å². The zero-order chi connectivity index (χ0) is 13.7. The Hall–Kier alpha value is -1.06. The minimum absolute atomic E-state index is 0. The Bertz CT molecular complexity index is 428. The minimum Gasteiger partial charge on any atom is -0.339 e. The van der Waals surface area contributed by atoms with Gasteiger partial charge < -0.3 is 10.2 Å². The molecule has 0 atom stereocenters. The van der Waals surface area contributed by atoms with Gasteiger partial charge in [-0.2, -0.15) is 0 Å². The van der Waals surface area contributed by atoms with Crippen molar-refractivity contribution in [2.75, 3.05) is 26.7 Å². The van der Waals surface area contributed by atoms with Crippen molar-refractivity contribution in [3.63, 3.8) is 0 Å². The van der Waals surface area contributed by atoms with Crippen molar-refractivity contribution in [1.29, 1.82) is 0 Å². The number of nitrogens with one attached hydrogen (secondary N) is 1. The first-order chi connectivity index (χ1) is 9.22. The maximum absolute atomic E-state index is 12.5. The Labute approximate surface area is 128 Å². The number of hydrogen-bond donors (Lipinski definition) is 1. The molecule has 0 unspecified atom stereocenters. The van der Waals surface area contributed by atoms with Gasteiger partial charge in [-0.1, -0.05) is 18.2 Å².